The molecule has 30 atom stereocenters. The van der Waals surface area contributed by atoms with E-state index in [1.54, 1.807) is 86.6 Å². The van der Waals surface area contributed by atoms with E-state index in [4.69, 9.17) is 98.3 Å². The maximum Gasteiger partial charge on any atom is 0.397 e. The molecular weight excluding hydrogens is 1540 g/mol. The summed E-state index contributed by atoms with van der Waals surface area (Å²) >= 11 is 0. The van der Waals surface area contributed by atoms with Crippen LogP contribution in [0.4, 0.5) is 0 Å². The smallest absolute Gasteiger partial charge is 0.370 e. The summed E-state index contributed by atoms with van der Waals surface area (Å²) in [4.78, 5) is 25.3. The minimum absolute atomic E-state index is 0.0465. The van der Waals surface area contributed by atoms with Gasteiger partial charge < -0.3 is 71.1 Å². The Bertz CT molecular complexity index is 3860. The third kappa shape index (κ3) is 23.5. The summed E-state index contributed by atoms with van der Waals surface area (Å²) in [7, 11) is -14.5. The van der Waals surface area contributed by atoms with Crippen molar-refractivity contribution in [2.45, 2.75) is 228 Å². The molecule has 110 heavy (non-hydrogen) atoms. The Morgan fingerprint density at radius 2 is 0.645 bits per heavy atom. The van der Waals surface area contributed by atoms with Gasteiger partial charge in [-0.05, 0) is 71.8 Å². The molecule has 48 heteroatoms. The Morgan fingerprint density at radius 1 is 0.364 bits per heavy atom. The van der Waals surface area contributed by atoms with E-state index in [0.717, 1.165) is 5.56 Å². The van der Waals surface area contributed by atoms with Crippen molar-refractivity contribution in [1.29, 1.82) is 0 Å². The second kappa shape index (κ2) is 41.0. The topological polar surface area (TPSA) is 592 Å². The van der Waals surface area contributed by atoms with E-state index < -0.39 is 234 Å². The first-order valence-electron chi connectivity index (χ1n) is 34.1. The molecule has 0 aromatic heterocycles. The van der Waals surface area contributed by atoms with Gasteiger partial charge in [-0.15, -0.1) is 0 Å². The molecule has 6 fully saturated rings. The number of azide groups is 3. The molecule has 6 N–H and O–H groups in total. The molecule has 0 bridgehead atoms. The molecule has 6 aliphatic rings. The lowest BCUT2D eigenvalue weighted by molar-refractivity contribution is -0.536. The zero-order valence-electron chi connectivity index (χ0n) is 59.9. The quantitative estimate of drug-likeness (QED) is 0.00937. The molecular formula is C62H87N9O36S3. The van der Waals surface area contributed by atoms with E-state index in [1.807, 2.05) is 18.2 Å². The average molecular weight is 1630 g/mol. The predicted octanol–water partition coefficient (Wildman–Crippen LogP) is 6.13. The predicted molar refractivity (Wildman–Crippen MR) is 359 cm³/mol. The highest BCUT2D eigenvalue weighted by molar-refractivity contribution is 7.81. The summed E-state index contributed by atoms with van der Waals surface area (Å²) in [5.41, 5.74) is 31.9. The zero-order chi connectivity index (χ0) is 79.6. The number of rotatable bonds is 38. The maximum absolute atomic E-state index is 12.5. The lowest BCUT2D eigenvalue weighted by atomic mass is 9.87. The van der Waals surface area contributed by atoms with Crippen molar-refractivity contribution in [1.82, 2.24) is 0 Å². The van der Waals surface area contributed by atoms with Crippen LogP contribution in [0.1, 0.15) is 65.2 Å². The van der Waals surface area contributed by atoms with Gasteiger partial charge in [0, 0.05) is 27.8 Å². The van der Waals surface area contributed by atoms with Crippen LogP contribution in [-0.4, -0.2) is 241 Å². The van der Waals surface area contributed by atoms with E-state index in [2.05, 4.69) is 45.2 Å². The SMILES string of the molecule is CO[C@@H]1OC(COS(=O)(=O)O)[C@@H](O[C@@H]2OC(C)[C@@H](O[C@@H]3OC(COS(=O)(=O)O)[C@@H](O[C@@H]4OC(C)[C@@H](O[C@H]5OC(COS(=O)(=O)O)[C@@H](O[C@@H]6OC(C)[C@@H](C)[C@@H](OCc7ccccc7)C6OOO)[C@H](C)C5N=[N+]=[N-])[C@@H](OCc5ccccc5)C4OOO)[C@H](C)C3N=[N+]=[N-])[C@@H](OCc3ccccc3)C2OOO)[C@H](C)C1N=[N+]=[N-]. The molecule has 12 unspecified atom stereocenters. The molecule has 0 saturated carbocycles. The standard InChI is InChI=1S/C62H87N9O36S3/c1-30-34(5)91-60(54(102-105-72)49(30)85-24-37-18-12-9-13-19-37)97-47-32(3)44(67-70-64)58(95-41(47)28-89-109(78,79)80)100-51-36(7)93-62(56(104-107-74)53(51)87-26-39-22-16-11-17-23-39)99-48-33(4)45(68-71-65)59(96-42(48)29-90-110(81,82)83)101-50-35(6)92-61(55(103-106-73)52(50)86-25-38-20-14-10-15-21-38)98-46-31(2)43(66-69-63)57(84-8)94-40(46)27-88-108(75,76)77/h9-23,30-36,40-62,72-74H,24-29H2,1-8H3,(H,75,76,77)(H,78,79,80)(H,81,82,83)/t30-,31-,32-,33-,34?,35?,36?,40?,41?,42?,43?,44?,45?,46+,47+,48+,49-,50-,51-,52-,53-,54?,55?,56?,57-,58-,59+,60+,61+,62+/m1/s1. The van der Waals surface area contributed by atoms with Crippen LogP contribution in [0.15, 0.2) is 106 Å². The molecule has 45 nitrogen and oxygen atoms in total. The van der Waals surface area contributed by atoms with E-state index in [0.29, 0.717) is 11.1 Å². The fourth-order valence-corrected chi connectivity index (χ4v) is 14.8. The van der Waals surface area contributed by atoms with Crippen LogP contribution in [0.25, 0.3) is 31.3 Å². The lowest BCUT2D eigenvalue weighted by Gasteiger charge is -2.51. The number of nitrogens with zero attached hydrogens (tertiary/aromatic N) is 9. The Labute approximate surface area is 629 Å². The number of ether oxygens (including phenoxy) is 15. The number of hydrogen-bond acceptors (Lipinski definition) is 36. The monoisotopic (exact) mass is 1630 g/mol. The first-order valence-corrected chi connectivity index (χ1v) is 38.2. The van der Waals surface area contributed by atoms with Gasteiger partial charge in [0.05, 0.1) is 100 Å². The van der Waals surface area contributed by atoms with Crippen LogP contribution in [0.3, 0.4) is 0 Å². The molecule has 3 aromatic carbocycles. The van der Waals surface area contributed by atoms with Gasteiger partial charge in [0.2, 0.25) is 0 Å². The lowest BCUT2D eigenvalue weighted by Crippen LogP contribution is -2.66. The van der Waals surface area contributed by atoms with Gasteiger partial charge >= 0.3 is 31.2 Å². The molecule has 6 saturated heterocycles. The van der Waals surface area contributed by atoms with Gasteiger partial charge in [-0.1, -0.05) is 149 Å². The van der Waals surface area contributed by atoms with Crippen molar-refractivity contribution in [2.75, 3.05) is 26.9 Å². The number of hydrogen-bond donors (Lipinski definition) is 6. The first-order chi connectivity index (χ1) is 52.5. The summed E-state index contributed by atoms with van der Waals surface area (Å²) in [6.45, 7) is 7.23. The largest absolute Gasteiger partial charge is 0.397 e. The Morgan fingerprint density at radius 3 is 0.945 bits per heavy atom. The van der Waals surface area contributed by atoms with Crippen LogP contribution < -0.4 is 0 Å². The van der Waals surface area contributed by atoms with Crippen LogP contribution >= 0.6 is 0 Å². The van der Waals surface area contributed by atoms with E-state index >= 15 is 0 Å². The highest BCUT2D eigenvalue weighted by Gasteiger charge is 2.59. The fourth-order valence-electron chi connectivity index (χ4n) is 13.8. The van der Waals surface area contributed by atoms with Crippen LogP contribution in [0.2, 0.25) is 0 Å². The van der Waals surface area contributed by atoms with Gasteiger partial charge in [0.15, 0.2) is 56.1 Å². The summed E-state index contributed by atoms with van der Waals surface area (Å²) in [5.74, 6) is -3.86. The first kappa shape index (κ1) is 88.2. The summed E-state index contributed by atoms with van der Waals surface area (Å²) in [6, 6.07) is 21.7. The second-order valence-corrected chi connectivity index (χ2v) is 29.6. The van der Waals surface area contributed by atoms with Crippen molar-refractivity contribution < 1.29 is 168 Å². The molecule has 614 valence electrons. The minimum atomic E-state index is -5.37. The average Bonchev–Trinajstić information content (AvgIpc) is 0.765. The molecule has 0 radical (unpaired) electrons. The van der Waals surface area contributed by atoms with Gasteiger partial charge in [-0.25, -0.2) is 28.3 Å². The minimum Gasteiger partial charge on any atom is -0.370 e. The van der Waals surface area contributed by atoms with Crippen molar-refractivity contribution in [3.63, 3.8) is 0 Å². The molecule has 0 amide bonds. The molecule has 6 aliphatic heterocycles. The van der Waals surface area contributed by atoms with E-state index in [9.17, 15) is 71.3 Å². The zero-order valence-corrected chi connectivity index (χ0v) is 62.4. The van der Waals surface area contributed by atoms with Crippen LogP contribution in [0.5, 0.6) is 0 Å². The van der Waals surface area contributed by atoms with Crippen LogP contribution in [-0.2, 0) is 164 Å². The van der Waals surface area contributed by atoms with Crippen molar-refractivity contribution in [3.05, 3.63) is 139 Å². The molecule has 0 spiro atoms. The molecule has 0 aliphatic carbocycles. The Kier molecular flexibility index (Phi) is 32.9. The second-order valence-electron chi connectivity index (χ2n) is 26.3. The van der Waals surface area contributed by atoms with Crippen molar-refractivity contribution in [2.24, 2.45) is 39.0 Å². The van der Waals surface area contributed by atoms with Crippen molar-refractivity contribution >= 4 is 31.2 Å². The van der Waals surface area contributed by atoms with E-state index in [-0.39, 0.29) is 19.8 Å². The third-order valence-corrected chi connectivity index (χ3v) is 20.7. The van der Waals surface area contributed by atoms with Crippen LogP contribution in [0, 0.1) is 23.7 Å². The molecule has 6 heterocycles. The highest BCUT2D eigenvalue weighted by Crippen LogP contribution is 2.44. The van der Waals surface area contributed by atoms with Gasteiger partial charge in [-0.3, -0.25) is 13.7 Å². The highest BCUT2D eigenvalue weighted by atomic mass is 32.3. The Balaban J connectivity index is 1.02. The fraction of sp³-hybridized carbons (Fsp3) is 0.710. The number of methoxy groups -OCH3 is 1. The Hall–Kier alpha value is -5.76. The number of benzene rings is 3. The normalized spacial score (nSPS) is 37.1. The summed E-state index contributed by atoms with van der Waals surface area (Å²) < 4.78 is 214. The summed E-state index contributed by atoms with van der Waals surface area (Å²) in [5, 5.41) is 54.7. The molecule has 3 aromatic rings. The van der Waals surface area contributed by atoms with Gasteiger partial charge in [-0.2, -0.15) is 39.9 Å². The third-order valence-electron chi connectivity index (χ3n) is 19.4. The molecule has 9 rings (SSSR count). The van der Waals surface area contributed by atoms with Gasteiger partial charge in [0.1, 0.15) is 42.7 Å². The van der Waals surface area contributed by atoms with E-state index in [1.165, 1.54) is 41.7 Å². The van der Waals surface area contributed by atoms with Gasteiger partial charge in [0.25, 0.3) is 0 Å². The summed E-state index contributed by atoms with van der Waals surface area (Å²) in [6.07, 6.45) is -35.3. The van der Waals surface area contributed by atoms with Crippen molar-refractivity contribution in [3.8, 4) is 0 Å². The maximum atomic E-state index is 12.5.